The summed E-state index contributed by atoms with van der Waals surface area (Å²) in [5.41, 5.74) is 1.77. The maximum Gasteiger partial charge on any atom is 0.294 e. The molecule has 2 aromatic carbocycles. The van der Waals surface area contributed by atoms with Crippen molar-refractivity contribution in [3.05, 3.63) is 65.7 Å². The average Bonchev–Trinajstić information content (AvgIpc) is 2.55. The van der Waals surface area contributed by atoms with Gasteiger partial charge in [-0.05, 0) is 36.0 Å². The molecule has 1 heterocycles. The fourth-order valence-electron chi connectivity index (χ4n) is 3.03. The van der Waals surface area contributed by atoms with Gasteiger partial charge < -0.3 is 4.74 Å². The van der Waals surface area contributed by atoms with Gasteiger partial charge in [-0.3, -0.25) is 4.55 Å². The third kappa shape index (κ3) is 3.21. The highest BCUT2D eigenvalue weighted by atomic mass is 32.2. The van der Waals surface area contributed by atoms with Crippen LogP contribution in [0.2, 0.25) is 0 Å². The summed E-state index contributed by atoms with van der Waals surface area (Å²) in [5.74, 6) is 0.0529. The molecular formula is C17H18O4S. The van der Waals surface area contributed by atoms with E-state index in [0.717, 1.165) is 12.0 Å². The van der Waals surface area contributed by atoms with Gasteiger partial charge in [-0.25, -0.2) is 0 Å². The molecule has 0 saturated carbocycles. The van der Waals surface area contributed by atoms with Crippen LogP contribution in [0.15, 0.2) is 59.5 Å². The van der Waals surface area contributed by atoms with E-state index >= 15 is 0 Å². The third-order valence-electron chi connectivity index (χ3n) is 4.09. The molecule has 1 saturated heterocycles. The van der Waals surface area contributed by atoms with E-state index in [0.29, 0.717) is 18.6 Å². The van der Waals surface area contributed by atoms with Crippen molar-refractivity contribution in [2.24, 2.45) is 0 Å². The number of ether oxygens (including phenoxy) is 1. The van der Waals surface area contributed by atoms with E-state index < -0.39 is 10.1 Å². The standard InChI is InChI=1S/C17H18O4S/c18-22(19,20)17-9-5-4-8-15(17)14-10-11-21-16(12-14)13-6-2-1-3-7-13/h1-9,14,16H,10-12H2,(H,18,19,20). The Morgan fingerprint density at radius 3 is 2.41 bits per heavy atom. The van der Waals surface area contributed by atoms with Crippen LogP contribution in [-0.4, -0.2) is 19.6 Å². The van der Waals surface area contributed by atoms with Crippen LogP contribution in [0.5, 0.6) is 0 Å². The summed E-state index contributed by atoms with van der Waals surface area (Å²) in [6.07, 6.45) is 1.40. The predicted octanol–water partition coefficient (Wildman–Crippen LogP) is 3.57. The van der Waals surface area contributed by atoms with Gasteiger partial charge in [0.2, 0.25) is 0 Å². The summed E-state index contributed by atoms with van der Waals surface area (Å²) < 4.78 is 38.4. The van der Waals surface area contributed by atoms with Crippen molar-refractivity contribution in [3.8, 4) is 0 Å². The third-order valence-corrected chi connectivity index (χ3v) is 5.02. The molecule has 22 heavy (non-hydrogen) atoms. The zero-order valence-electron chi connectivity index (χ0n) is 12.1. The first kappa shape index (κ1) is 15.2. The van der Waals surface area contributed by atoms with Crippen molar-refractivity contribution < 1.29 is 17.7 Å². The van der Waals surface area contributed by atoms with E-state index in [-0.39, 0.29) is 16.9 Å². The largest absolute Gasteiger partial charge is 0.373 e. The van der Waals surface area contributed by atoms with Gasteiger partial charge in [0.05, 0.1) is 11.0 Å². The van der Waals surface area contributed by atoms with E-state index in [4.69, 9.17) is 4.74 Å². The van der Waals surface area contributed by atoms with Crippen LogP contribution in [-0.2, 0) is 14.9 Å². The Morgan fingerprint density at radius 2 is 1.68 bits per heavy atom. The molecule has 1 N–H and O–H groups in total. The minimum absolute atomic E-state index is 0.00807. The van der Waals surface area contributed by atoms with Crippen LogP contribution in [0, 0.1) is 0 Å². The van der Waals surface area contributed by atoms with Gasteiger partial charge in [0, 0.05) is 6.61 Å². The Bertz CT molecular complexity index is 740. The molecule has 0 radical (unpaired) electrons. The Hall–Kier alpha value is -1.69. The molecule has 0 bridgehead atoms. The SMILES string of the molecule is O=S(=O)(O)c1ccccc1C1CCOC(c2ccccc2)C1. The summed E-state index contributed by atoms with van der Waals surface area (Å²) in [5, 5.41) is 0. The second-order valence-corrected chi connectivity index (χ2v) is 6.89. The summed E-state index contributed by atoms with van der Waals surface area (Å²) in [7, 11) is -4.21. The summed E-state index contributed by atoms with van der Waals surface area (Å²) in [6, 6.07) is 16.6. The second-order valence-electron chi connectivity index (χ2n) is 5.50. The smallest absolute Gasteiger partial charge is 0.294 e. The monoisotopic (exact) mass is 318 g/mol. The molecule has 0 aromatic heterocycles. The van der Waals surface area contributed by atoms with Crippen LogP contribution < -0.4 is 0 Å². The van der Waals surface area contributed by atoms with Crippen molar-refractivity contribution in [1.29, 1.82) is 0 Å². The van der Waals surface area contributed by atoms with Crippen molar-refractivity contribution >= 4 is 10.1 Å². The molecule has 1 aliphatic heterocycles. The van der Waals surface area contributed by atoms with E-state index in [2.05, 4.69) is 0 Å². The van der Waals surface area contributed by atoms with Crippen LogP contribution in [0.1, 0.15) is 36.0 Å². The first-order chi connectivity index (χ1) is 10.6. The van der Waals surface area contributed by atoms with E-state index in [1.807, 2.05) is 30.3 Å². The molecule has 0 spiro atoms. The lowest BCUT2D eigenvalue weighted by Crippen LogP contribution is -2.20. The number of hydrogen-bond donors (Lipinski definition) is 1. The summed E-state index contributed by atoms with van der Waals surface area (Å²) in [6.45, 7) is 0.573. The molecule has 2 aromatic rings. The average molecular weight is 318 g/mol. The molecule has 1 fully saturated rings. The second kappa shape index (κ2) is 6.20. The van der Waals surface area contributed by atoms with Gasteiger partial charge in [-0.1, -0.05) is 48.5 Å². The van der Waals surface area contributed by atoms with Gasteiger partial charge in [0.25, 0.3) is 10.1 Å². The van der Waals surface area contributed by atoms with Crippen molar-refractivity contribution in [3.63, 3.8) is 0 Å². The summed E-state index contributed by atoms with van der Waals surface area (Å²) in [4.78, 5) is 0.00807. The lowest BCUT2D eigenvalue weighted by molar-refractivity contribution is 0.00485. The first-order valence-electron chi connectivity index (χ1n) is 7.28. The molecule has 2 unspecified atom stereocenters. The molecule has 2 atom stereocenters. The zero-order valence-corrected chi connectivity index (χ0v) is 12.9. The highest BCUT2D eigenvalue weighted by molar-refractivity contribution is 7.85. The Morgan fingerprint density at radius 1 is 1.00 bits per heavy atom. The molecule has 4 nitrogen and oxygen atoms in total. The highest BCUT2D eigenvalue weighted by Gasteiger charge is 2.28. The quantitative estimate of drug-likeness (QED) is 0.879. The Kier molecular flexibility index (Phi) is 4.29. The Labute approximate surface area is 130 Å². The number of rotatable bonds is 3. The highest BCUT2D eigenvalue weighted by Crippen LogP contribution is 2.39. The normalized spacial score (nSPS) is 22.4. The summed E-state index contributed by atoms with van der Waals surface area (Å²) >= 11 is 0. The van der Waals surface area contributed by atoms with Gasteiger partial charge in [-0.2, -0.15) is 8.42 Å². The van der Waals surface area contributed by atoms with Gasteiger partial charge in [-0.15, -0.1) is 0 Å². The van der Waals surface area contributed by atoms with E-state index in [1.165, 1.54) is 6.07 Å². The molecule has 0 amide bonds. The van der Waals surface area contributed by atoms with Gasteiger partial charge >= 0.3 is 0 Å². The predicted molar refractivity (Wildman–Crippen MR) is 83.4 cm³/mol. The molecular weight excluding hydrogens is 300 g/mol. The fourth-order valence-corrected chi connectivity index (χ4v) is 3.82. The van der Waals surface area contributed by atoms with Gasteiger partial charge in [0.15, 0.2) is 0 Å². The first-order valence-corrected chi connectivity index (χ1v) is 8.72. The van der Waals surface area contributed by atoms with Crippen molar-refractivity contribution in [1.82, 2.24) is 0 Å². The van der Waals surface area contributed by atoms with Crippen LogP contribution in [0.3, 0.4) is 0 Å². The topological polar surface area (TPSA) is 63.6 Å². The molecule has 3 rings (SSSR count). The molecule has 116 valence electrons. The molecule has 5 heteroatoms. The van der Waals surface area contributed by atoms with Crippen LogP contribution in [0.25, 0.3) is 0 Å². The zero-order chi connectivity index (χ0) is 15.6. The Balaban J connectivity index is 1.90. The molecule has 0 aliphatic carbocycles. The minimum atomic E-state index is -4.21. The molecule has 1 aliphatic rings. The van der Waals surface area contributed by atoms with Crippen LogP contribution >= 0.6 is 0 Å². The maximum absolute atomic E-state index is 11.6. The number of hydrogen-bond acceptors (Lipinski definition) is 3. The van der Waals surface area contributed by atoms with Gasteiger partial charge in [0.1, 0.15) is 0 Å². The number of benzene rings is 2. The van der Waals surface area contributed by atoms with Crippen molar-refractivity contribution in [2.45, 2.75) is 29.8 Å². The lowest BCUT2D eigenvalue weighted by atomic mass is 9.86. The van der Waals surface area contributed by atoms with E-state index in [9.17, 15) is 13.0 Å². The van der Waals surface area contributed by atoms with Crippen LogP contribution in [0.4, 0.5) is 0 Å². The fraction of sp³-hybridized carbons (Fsp3) is 0.294. The van der Waals surface area contributed by atoms with E-state index in [1.54, 1.807) is 18.2 Å². The lowest BCUT2D eigenvalue weighted by Gasteiger charge is -2.30. The maximum atomic E-state index is 11.6. The van der Waals surface area contributed by atoms with Crippen molar-refractivity contribution in [2.75, 3.05) is 6.61 Å². The minimum Gasteiger partial charge on any atom is -0.373 e.